The first kappa shape index (κ1) is 17.2. The zero-order valence-corrected chi connectivity index (χ0v) is 14.5. The van der Waals surface area contributed by atoms with Gasteiger partial charge in [-0.2, -0.15) is 0 Å². The summed E-state index contributed by atoms with van der Waals surface area (Å²) < 4.78 is 0. The van der Waals surface area contributed by atoms with E-state index in [1.165, 1.54) is 11.3 Å². The number of benzene rings is 1. The molecule has 2 amide bonds. The Balaban J connectivity index is 2.31. The molecule has 2 rings (SSSR count). The minimum atomic E-state index is -0.491. The fourth-order valence-corrected chi connectivity index (χ4v) is 3.96. The van der Waals surface area contributed by atoms with Crippen LogP contribution in [0.4, 0.5) is 5.00 Å². The summed E-state index contributed by atoms with van der Waals surface area (Å²) in [5, 5.41) is 3.48. The lowest BCUT2D eigenvalue weighted by Crippen LogP contribution is -2.22. The highest BCUT2D eigenvalue weighted by Gasteiger charge is 2.24. The molecule has 0 aliphatic rings. The van der Waals surface area contributed by atoms with Gasteiger partial charge in [-0.3, -0.25) is 9.59 Å². The Kier molecular flexibility index (Phi) is 5.55. The highest BCUT2D eigenvalue weighted by Crippen LogP contribution is 2.34. The molecule has 0 fully saturated rings. The first-order valence-electron chi connectivity index (χ1n) is 7.77. The van der Waals surface area contributed by atoms with Crippen LogP contribution in [0, 0.1) is 6.92 Å². The first-order valence-corrected chi connectivity index (χ1v) is 8.59. The van der Waals surface area contributed by atoms with Gasteiger partial charge in [0.05, 0.1) is 11.5 Å². The molecule has 2 aromatic rings. The van der Waals surface area contributed by atoms with Gasteiger partial charge in [-0.25, -0.2) is 0 Å². The van der Waals surface area contributed by atoms with Crippen LogP contribution in [0.3, 0.4) is 0 Å². The Morgan fingerprint density at radius 2 is 1.87 bits per heavy atom. The van der Waals surface area contributed by atoms with E-state index in [-0.39, 0.29) is 11.8 Å². The summed E-state index contributed by atoms with van der Waals surface area (Å²) in [5.74, 6) is -0.844. The number of rotatable bonds is 6. The lowest BCUT2D eigenvalue weighted by Gasteiger charge is -2.15. The van der Waals surface area contributed by atoms with Crippen LogP contribution in [-0.4, -0.2) is 11.8 Å². The van der Waals surface area contributed by atoms with Crippen LogP contribution in [0.5, 0.6) is 0 Å². The van der Waals surface area contributed by atoms with Crippen molar-refractivity contribution in [2.45, 2.75) is 39.5 Å². The minimum absolute atomic E-state index is 0.106. The quantitative estimate of drug-likeness (QED) is 0.844. The molecule has 1 aromatic carbocycles. The SMILES string of the molecule is CCc1c(C)sc(NC(=O)C(CC)c2ccccc2)c1C(N)=O. The van der Waals surface area contributed by atoms with Crippen molar-refractivity contribution in [3.05, 3.63) is 51.9 Å². The second kappa shape index (κ2) is 7.42. The summed E-state index contributed by atoms with van der Waals surface area (Å²) in [6, 6.07) is 9.66. The predicted molar refractivity (Wildman–Crippen MR) is 95.1 cm³/mol. The van der Waals surface area contributed by atoms with Gasteiger partial charge >= 0.3 is 0 Å². The van der Waals surface area contributed by atoms with Gasteiger partial charge in [0.1, 0.15) is 5.00 Å². The van der Waals surface area contributed by atoms with Crippen LogP contribution in [0.25, 0.3) is 0 Å². The van der Waals surface area contributed by atoms with Gasteiger partial charge in [0.15, 0.2) is 0 Å². The van der Waals surface area contributed by atoms with Gasteiger partial charge in [-0.1, -0.05) is 44.2 Å². The molecule has 1 atom stereocenters. The van der Waals surface area contributed by atoms with E-state index < -0.39 is 5.91 Å². The zero-order valence-electron chi connectivity index (χ0n) is 13.7. The number of amides is 2. The van der Waals surface area contributed by atoms with Crippen molar-refractivity contribution in [1.29, 1.82) is 0 Å². The van der Waals surface area contributed by atoms with Gasteiger partial charge < -0.3 is 11.1 Å². The first-order chi connectivity index (χ1) is 11.0. The smallest absolute Gasteiger partial charge is 0.251 e. The maximum absolute atomic E-state index is 12.7. The average molecular weight is 330 g/mol. The Labute approximate surface area is 140 Å². The molecule has 0 bridgehead atoms. The summed E-state index contributed by atoms with van der Waals surface area (Å²) >= 11 is 1.41. The molecule has 1 heterocycles. The van der Waals surface area contributed by atoms with Crippen molar-refractivity contribution >= 4 is 28.2 Å². The van der Waals surface area contributed by atoms with Gasteiger partial charge in [0.2, 0.25) is 5.91 Å². The molecule has 4 nitrogen and oxygen atoms in total. The molecule has 23 heavy (non-hydrogen) atoms. The Morgan fingerprint density at radius 1 is 1.22 bits per heavy atom. The Bertz CT molecular complexity index is 707. The number of nitrogens with two attached hydrogens (primary N) is 1. The molecule has 1 aromatic heterocycles. The number of carbonyl (C=O) groups is 2. The molecule has 3 N–H and O–H groups in total. The molecule has 5 heteroatoms. The van der Waals surface area contributed by atoms with Crippen molar-refractivity contribution in [2.24, 2.45) is 5.73 Å². The molecular weight excluding hydrogens is 308 g/mol. The number of aryl methyl sites for hydroxylation is 1. The molecule has 0 saturated heterocycles. The lowest BCUT2D eigenvalue weighted by atomic mass is 9.95. The van der Waals surface area contributed by atoms with Gasteiger partial charge in [0.25, 0.3) is 5.91 Å². The molecule has 0 aliphatic heterocycles. The van der Waals surface area contributed by atoms with E-state index in [0.717, 1.165) is 16.0 Å². The van der Waals surface area contributed by atoms with Crippen LogP contribution in [0.2, 0.25) is 0 Å². The standard InChI is InChI=1S/C18H22N2O2S/c1-4-13-11(3)23-18(15(13)16(19)21)20-17(22)14(5-2)12-9-7-6-8-10-12/h6-10,14H,4-5H2,1-3H3,(H2,19,21)(H,20,22). The van der Waals surface area contributed by atoms with E-state index in [1.807, 2.05) is 51.1 Å². The number of hydrogen-bond donors (Lipinski definition) is 2. The number of primary amides is 1. The Morgan fingerprint density at radius 3 is 2.39 bits per heavy atom. The zero-order chi connectivity index (χ0) is 17.0. The van der Waals surface area contributed by atoms with Gasteiger partial charge in [-0.05, 0) is 30.9 Å². The lowest BCUT2D eigenvalue weighted by molar-refractivity contribution is -0.117. The summed E-state index contributed by atoms with van der Waals surface area (Å²) in [7, 11) is 0. The van der Waals surface area contributed by atoms with E-state index in [9.17, 15) is 9.59 Å². The van der Waals surface area contributed by atoms with Crippen molar-refractivity contribution in [3.8, 4) is 0 Å². The van der Waals surface area contributed by atoms with Crippen LogP contribution >= 0.6 is 11.3 Å². The molecule has 0 spiro atoms. The second-order valence-corrected chi connectivity index (χ2v) is 6.64. The van der Waals surface area contributed by atoms with Crippen molar-refractivity contribution in [1.82, 2.24) is 0 Å². The van der Waals surface area contributed by atoms with Gasteiger partial charge in [-0.15, -0.1) is 11.3 Å². The summed E-state index contributed by atoms with van der Waals surface area (Å²) in [6.45, 7) is 5.90. The largest absolute Gasteiger partial charge is 0.365 e. The summed E-state index contributed by atoms with van der Waals surface area (Å²) in [6.07, 6.45) is 1.40. The maximum Gasteiger partial charge on any atom is 0.251 e. The Hall–Kier alpha value is -2.14. The molecule has 122 valence electrons. The topological polar surface area (TPSA) is 72.2 Å². The average Bonchev–Trinajstić information content (AvgIpc) is 2.84. The molecule has 0 aliphatic carbocycles. The normalized spacial score (nSPS) is 12.0. The van der Waals surface area contributed by atoms with E-state index in [1.54, 1.807) is 0 Å². The number of hydrogen-bond acceptors (Lipinski definition) is 3. The summed E-state index contributed by atoms with van der Waals surface area (Å²) in [5.41, 5.74) is 7.86. The van der Waals surface area contributed by atoms with Crippen molar-refractivity contribution in [3.63, 3.8) is 0 Å². The maximum atomic E-state index is 12.7. The van der Waals surface area contributed by atoms with Crippen molar-refractivity contribution < 1.29 is 9.59 Å². The predicted octanol–water partition coefficient (Wildman–Crippen LogP) is 3.85. The number of anilines is 1. The van der Waals surface area contributed by atoms with Gasteiger partial charge in [0, 0.05) is 4.88 Å². The van der Waals surface area contributed by atoms with E-state index in [4.69, 9.17) is 5.73 Å². The molecule has 0 radical (unpaired) electrons. The third-order valence-electron chi connectivity index (χ3n) is 3.97. The highest BCUT2D eigenvalue weighted by molar-refractivity contribution is 7.16. The minimum Gasteiger partial charge on any atom is -0.365 e. The van der Waals surface area contributed by atoms with Crippen LogP contribution < -0.4 is 11.1 Å². The fraction of sp³-hybridized carbons (Fsp3) is 0.333. The van der Waals surface area contributed by atoms with E-state index >= 15 is 0 Å². The highest BCUT2D eigenvalue weighted by atomic mass is 32.1. The molecular formula is C18H22N2O2S. The van der Waals surface area contributed by atoms with E-state index in [2.05, 4.69) is 5.32 Å². The van der Waals surface area contributed by atoms with Crippen molar-refractivity contribution in [2.75, 3.05) is 5.32 Å². The van der Waals surface area contributed by atoms with E-state index in [0.29, 0.717) is 23.4 Å². The van der Waals surface area contributed by atoms with Crippen LogP contribution in [0.1, 0.15) is 52.5 Å². The van der Waals surface area contributed by atoms with Crippen LogP contribution in [-0.2, 0) is 11.2 Å². The monoisotopic (exact) mass is 330 g/mol. The van der Waals surface area contributed by atoms with Crippen LogP contribution in [0.15, 0.2) is 30.3 Å². The number of thiophene rings is 1. The third kappa shape index (κ3) is 3.62. The molecule has 0 saturated carbocycles. The summed E-state index contributed by atoms with van der Waals surface area (Å²) in [4.78, 5) is 25.5. The number of carbonyl (C=O) groups excluding carboxylic acids is 2. The second-order valence-electron chi connectivity index (χ2n) is 5.42. The fourth-order valence-electron chi connectivity index (χ4n) is 2.81. The molecule has 1 unspecified atom stereocenters. The number of nitrogens with one attached hydrogen (secondary N) is 1. The third-order valence-corrected chi connectivity index (χ3v) is 5.04.